The third-order valence-corrected chi connectivity index (χ3v) is 4.13. The highest BCUT2D eigenvalue weighted by molar-refractivity contribution is 6.33. The van der Waals surface area contributed by atoms with Crippen molar-refractivity contribution in [2.24, 2.45) is 0 Å². The lowest BCUT2D eigenvalue weighted by Crippen LogP contribution is -2.02. The first-order chi connectivity index (χ1) is 11.9. The zero-order chi connectivity index (χ0) is 18.1. The second-order valence-electron chi connectivity index (χ2n) is 5.60. The Kier molecular flexibility index (Phi) is 4.59. The van der Waals surface area contributed by atoms with Crippen LogP contribution in [0.3, 0.4) is 0 Å². The van der Waals surface area contributed by atoms with Crippen molar-refractivity contribution >= 4 is 28.7 Å². The number of rotatable bonds is 3. The molecule has 0 saturated carbocycles. The van der Waals surface area contributed by atoms with Gasteiger partial charge in [0.05, 0.1) is 16.4 Å². The van der Waals surface area contributed by atoms with Crippen LogP contribution in [0.4, 0.5) is 30.2 Å². The lowest BCUT2D eigenvalue weighted by Gasteiger charge is -2.17. The van der Waals surface area contributed by atoms with E-state index in [9.17, 15) is 13.2 Å². The third kappa shape index (κ3) is 3.42. The molecule has 128 valence electrons. The van der Waals surface area contributed by atoms with Crippen molar-refractivity contribution in [1.82, 2.24) is 0 Å². The Bertz CT molecular complexity index is 934. The minimum atomic E-state index is -0.810. The summed E-state index contributed by atoms with van der Waals surface area (Å²) in [4.78, 5) is 0. The summed E-state index contributed by atoms with van der Waals surface area (Å²) < 4.78 is 40.7. The van der Waals surface area contributed by atoms with Crippen LogP contribution in [0.15, 0.2) is 48.5 Å². The monoisotopic (exact) mass is 362 g/mol. The molecule has 0 spiro atoms. The summed E-state index contributed by atoms with van der Waals surface area (Å²) in [5, 5.41) is 3.13. The topological polar surface area (TPSA) is 38.0 Å². The summed E-state index contributed by atoms with van der Waals surface area (Å²) in [5.41, 5.74) is 8.26. The number of nitrogen functional groups attached to an aromatic ring is 1. The highest BCUT2D eigenvalue weighted by atomic mass is 35.5. The molecular weight excluding hydrogens is 349 g/mol. The van der Waals surface area contributed by atoms with E-state index < -0.39 is 17.5 Å². The van der Waals surface area contributed by atoms with E-state index >= 15 is 0 Å². The Hall–Kier alpha value is -2.66. The minimum absolute atomic E-state index is 0.0357. The summed E-state index contributed by atoms with van der Waals surface area (Å²) in [5.74, 6) is -2.02. The molecule has 3 aromatic carbocycles. The first-order valence-corrected chi connectivity index (χ1v) is 7.81. The van der Waals surface area contributed by atoms with Crippen molar-refractivity contribution in [1.29, 1.82) is 0 Å². The maximum absolute atomic E-state index is 14.1. The van der Waals surface area contributed by atoms with E-state index in [-0.39, 0.29) is 16.4 Å². The maximum atomic E-state index is 14.1. The molecule has 2 nitrogen and oxygen atoms in total. The number of anilines is 3. The van der Waals surface area contributed by atoms with Crippen LogP contribution in [0.5, 0.6) is 0 Å². The summed E-state index contributed by atoms with van der Waals surface area (Å²) in [7, 11) is 0. The van der Waals surface area contributed by atoms with E-state index in [2.05, 4.69) is 5.32 Å². The van der Waals surface area contributed by atoms with Crippen molar-refractivity contribution in [3.05, 3.63) is 76.6 Å². The van der Waals surface area contributed by atoms with Gasteiger partial charge in [-0.3, -0.25) is 0 Å². The molecule has 0 saturated heterocycles. The number of nitrogens with one attached hydrogen (secondary N) is 1. The van der Waals surface area contributed by atoms with Crippen LogP contribution >= 0.6 is 11.6 Å². The molecular formula is C19H14ClF3N2. The third-order valence-electron chi connectivity index (χ3n) is 3.82. The summed E-state index contributed by atoms with van der Waals surface area (Å²) >= 11 is 6.18. The number of hydrogen-bond donors (Lipinski definition) is 2. The van der Waals surface area contributed by atoms with Gasteiger partial charge in [0.2, 0.25) is 0 Å². The molecule has 0 aliphatic rings. The largest absolute Gasteiger partial charge is 0.397 e. The highest BCUT2D eigenvalue weighted by Crippen LogP contribution is 2.39. The fourth-order valence-corrected chi connectivity index (χ4v) is 2.94. The first kappa shape index (κ1) is 17.2. The molecule has 0 fully saturated rings. The number of benzene rings is 3. The van der Waals surface area contributed by atoms with Crippen LogP contribution in [0, 0.1) is 24.4 Å². The molecule has 25 heavy (non-hydrogen) atoms. The van der Waals surface area contributed by atoms with Crippen molar-refractivity contribution in [2.45, 2.75) is 6.92 Å². The molecule has 0 aromatic heterocycles. The molecule has 0 unspecified atom stereocenters. The van der Waals surface area contributed by atoms with E-state index in [1.54, 1.807) is 18.2 Å². The molecule has 0 aliphatic carbocycles. The second-order valence-corrected chi connectivity index (χ2v) is 6.01. The van der Waals surface area contributed by atoms with Crippen molar-refractivity contribution in [3.8, 4) is 11.1 Å². The van der Waals surface area contributed by atoms with Gasteiger partial charge in [-0.1, -0.05) is 23.7 Å². The van der Waals surface area contributed by atoms with E-state index in [1.807, 2.05) is 13.0 Å². The average molecular weight is 363 g/mol. The Morgan fingerprint density at radius 3 is 2.40 bits per heavy atom. The normalized spacial score (nSPS) is 10.8. The molecule has 0 amide bonds. The number of aryl methyl sites for hydroxylation is 1. The molecule has 3 N–H and O–H groups in total. The lowest BCUT2D eigenvalue weighted by atomic mass is 9.98. The van der Waals surface area contributed by atoms with Crippen molar-refractivity contribution < 1.29 is 13.2 Å². The molecule has 0 radical (unpaired) electrons. The van der Waals surface area contributed by atoms with Gasteiger partial charge in [0.1, 0.15) is 11.6 Å². The fraction of sp³-hybridized carbons (Fsp3) is 0.0526. The summed E-state index contributed by atoms with van der Waals surface area (Å²) in [6.45, 7) is 1.85. The Balaban J connectivity index is 2.14. The summed E-state index contributed by atoms with van der Waals surface area (Å²) in [6.07, 6.45) is 0. The van der Waals surface area contributed by atoms with E-state index in [1.165, 1.54) is 12.1 Å². The average Bonchev–Trinajstić information content (AvgIpc) is 2.52. The fourth-order valence-electron chi connectivity index (χ4n) is 2.68. The molecule has 0 heterocycles. The SMILES string of the molecule is Cc1cccc(Nc2c(N)cc(F)cc2F)c1-c1ccc(F)cc1Cl. The van der Waals surface area contributed by atoms with E-state index in [0.717, 1.165) is 17.7 Å². The van der Waals surface area contributed by atoms with Gasteiger partial charge in [0.25, 0.3) is 0 Å². The zero-order valence-corrected chi connectivity index (χ0v) is 14.0. The zero-order valence-electron chi connectivity index (χ0n) is 13.2. The smallest absolute Gasteiger partial charge is 0.151 e. The van der Waals surface area contributed by atoms with Crippen LogP contribution in [0.1, 0.15) is 5.56 Å². The number of halogens is 4. The van der Waals surface area contributed by atoms with Gasteiger partial charge in [-0.15, -0.1) is 0 Å². The van der Waals surface area contributed by atoms with Crippen molar-refractivity contribution in [3.63, 3.8) is 0 Å². The van der Waals surface area contributed by atoms with E-state index in [4.69, 9.17) is 17.3 Å². The number of hydrogen-bond acceptors (Lipinski definition) is 2. The van der Waals surface area contributed by atoms with Gasteiger partial charge in [-0.05, 0) is 42.8 Å². The first-order valence-electron chi connectivity index (χ1n) is 7.43. The number of nitrogens with two attached hydrogens (primary N) is 1. The molecule has 6 heteroatoms. The van der Waals surface area contributed by atoms with Crippen LogP contribution < -0.4 is 11.1 Å². The van der Waals surface area contributed by atoms with Gasteiger partial charge in [-0.25, -0.2) is 13.2 Å². The Morgan fingerprint density at radius 2 is 1.72 bits per heavy atom. The second kappa shape index (κ2) is 6.69. The Morgan fingerprint density at radius 1 is 0.960 bits per heavy atom. The van der Waals surface area contributed by atoms with Gasteiger partial charge in [-0.2, -0.15) is 0 Å². The maximum Gasteiger partial charge on any atom is 0.151 e. The molecule has 3 rings (SSSR count). The van der Waals surface area contributed by atoms with Gasteiger partial charge >= 0.3 is 0 Å². The molecule has 3 aromatic rings. The van der Waals surface area contributed by atoms with E-state index in [0.29, 0.717) is 16.8 Å². The standard InChI is InChI=1S/C19H14ClF3N2/c1-10-3-2-4-17(18(10)13-6-5-11(21)7-14(13)20)25-19-15(23)8-12(22)9-16(19)24/h2-9,25H,24H2,1H3. The van der Waals surface area contributed by atoms with Crippen LogP contribution in [-0.2, 0) is 0 Å². The molecule has 0 bridgehead atoms. The predicted molar refractivity (Wildman–Crippen MR) is 95.6 cm³/mol. The Labute approximate surface area is 148 Å². The quantitative estimate of drug-likeness (QED) is 0.556. The molecule has 0 aliphatic heterocycles. The van der Waals surface area contributed by atoms with Gasteiger partial charge in [0, 0.05) is 22.9 Å². The highest BCUT2D eigenvalue weighted by Gasteiger charge is 2.15. The minimum Gasteiger partial charge on any atom is -0.397 e. The van der Waals surface area contributed by atoms with Crippen LogP contribution in [-0.4, -0.2) is 0 Å². The van der Waals surface area contributed by atoms with Gasteiger partial charge in [0.15, 0.2) is 5.82 Å². The van der Waals surface area contributed by atoms with Gasteiger partial charge < -0.3 is 11.1 Å². The predicted octanol–water partition coefficient (Wildman–Crippen LogP) is 6.06. The van der Waals surface area contributed by atoms with Crippen LogP contribution in [0.25, 0.3) is 11.1 Å². The van der Waals surface area contributed by atoms with Crippen LogP contribution in [0.2, 0.25) is 5.02 Å². The van der Waals surface area contributed by atoms with Crippen molar-refractivity contribution in [2.75, 3.05) is 11.1 Å². The molecule has 0 atom stereocenters. The summed E-state index contributed by atoms with van der Waals surface area (Å²) in [6, 6.07) is 11.2. The lowest BCUT2D eigenvalue weighted by molar-refractivity contribution is 0.587.